The van der Waals surface area contributed by atoms with E-state index in [1.807, 2.05) is 29.2 Å². The topological polar surface area (TPSA) is 54.0 Å². The van der Waals surface area contributed by atoms with Crippen LogP contribution in [-0.4, -0.2) is 47.8 Å². The fourth-order valence-electron chi connectivity index (χ4n) is 4.45. The van der Waals surface area contributed by atoms with E-state index in [9.17, 15) is 4.79 Å². The number of carbonyl (C=O) groups is 1. The number of rotatable bonds is 3. The van der Waals surface area contributed by atoms with Crippen LogP contribution in [0.2, 0.25) is 0 Å². The van der Waals surface area contributed by atoms with Crippen molar-refractivity contribution in [3.63, 3.8) is 0 Å². The molecule has 6 nitrogen and oxygen atoms in total. The molecule has 6 heteroatoms. The molecule has 2 aromatic rings. The summed E-state index contributed by atoms with van der Waals surface area (Å²) in [6, 6.07) is 16.6. The molecular formula is C21H23N3O3. The highest BCUT2D eigenvalue weighted by molar-refractivity contribution is 5.90. The lowest BCUT2D eigenvalue weighted by Gasteiger charge is -2.41. The van der Waals surface area contributed by atoms with Gasteiger partial charge in [0.2, 0.25) is 6.79 Å². The molecule has 0 aliphatic carbocycles. The third kappa shape index (κ3) is 3.21. The second-order valence-corrected chi connectivity index (χ2v) is 7.47. The van der Waals surface area contributed by atoms with Gasteiger partial charge in [0.15, 0.2) is 11.5 Å². The van der Waals surface area contributed by atoms with Crippen molar-refractivity contribution in [1.29, 1.82) is 0 Å². The zero-order valence-electron chi connectivity index (χ0n) is 15.1. The van der Waals surface area contributed by atoms with Gasteiger partial charge in [-0.1, -0.05) is 30.3 Å². The summed E-state index contributed by atoms with van der Waals surface area (Å²) < 4.78 is 10.7. The monoisotopic (exact) mass is 365 g/mol. The first-order valence-electron chi connectivity index (χ1n) is 9.51. The van der Waals surface area contributed by atoms with Gasteiger partial charge in [0.25, 0.3) is 0 Å². The number of anilines is 1. The van der Waals surface area contributed by atoms with E-state index in [2.05, 4.69) is 34.5 Å². The van der Waals surface area contributed by atoms with Gasteiger partial charge in [-0.05, 0) is 30.5 Å². The van der Waals surface area contributed by atoms with Crippen molar-refractivity contribution in [3.05, 3.63) is 54.1 Å². The molecule has 0 radical (unpaired) electrons. The van der Waals surface area contributed by atoms with Crippen molar-refractivity contribution in [2.24, 2.45) is 0 Å². The lowest BCUT2D eigenvalue weighted by Crippen LogP contribution is -2.56. The van der Waals surface area contributed by atoms with E-state index in [-0.39, 0.29) is 24.9 Å². The lowest BCUT2D eigenvalue weighted by atomic mass is 10.1. The number of amides is 2. The van der Waals surface area contributed by atoms with Crippen LogP contribution in [0.15, 0.2) is 48.5 Å². The molecule has 1 N–H and O–H groups in total. The van der Waals surface area contributed by atoms with Gasteiger partial charge in [-0.15, -0.1) is 0 Å². The predicted molar refractivity (Wildman–Crippen MR) is 102 cm³/mol. The van der Waals surface area contributed by atoms with E-state index < -0.39 is 0 Å². The van der Waals surface area contributed by atoms with Crippen molar-refractivity contribution in [2.75, 3.05) is 25.2 Å². The normalized spacial score (nSPS) is 23.5. The predicted octanol–water partition coefficient (Wildman–Crippen LogP) is 3.30. The highest BCUT2D eigenvalue weighted by Crippen LogP contribution is 2.35. The Morgan fingerprint density at radius 1 is 1.00 bits per heavy atom. The fraction of sp³-hybridized carbons (Fsp3) is 0.381. The van der Waals surface area contributed by atoms with Crippen molar-refractivity contribution in [3.8, 4) is 11.5 Å². The van der Waals surface area contributed by atoms with Gasteiger partial charge in [-0.2, -0.15) is 0 Å². The molecule has 3 aliphatic heterocycles. The smallest absolute Gasteiger partial charge is 0.322 e. The molecule has 5 rings (SSSR count). The molecule has 27 heavy (non-hydrogen) atoms. The summed E-state index contributed by atoms with van der Waals surface area (Å²) in [5, 5.41) is 3.04. The number of urea groups is 1. The molecule has 140 valence electrons. The Morgan fingerprint density at radius 2 is 1.74 bits per heavy atom. The zero-order valence-corrected chi connectivity index (χ0v) is 15.1. The Bertz CT molecular complexity index is 828. The minimum Gasteiger partial charge on any atom is -0.454 e. The van der Waals surface area contributed by atoms with Crippen LogP contribution in [0, 0.1) is 0 Å². The van der Waals surface area contributed by atoms with Crippen LogP contribution in [0.5, 0.6) is 11.5 Å². The highest BCUT2D eigenvalue weighted by atomic mass is 16.7. The van der Waals surface area contributed by atoms with E-state index in [1.54, 1.807) is 0 Å². The van der Waals surface area contributed by atoms with Crippen molar-refractivity contribution < 1.29 is 14.3 Å². The van der Waals surface area contributed by atoms with E-state index in [0.29, 0.717) is 5.75 Å². The summed E-state index contributed by atoms with van der Waals surface area (Å²) in [5.74, 6) is 1.41. The standard InChI is InChI=1S/C21H23N3O3/c25-21(22-16-6-9-19-20(10-16)27-14-26-19)24-17-7-8-18(24)13-23(12-17)11-15-4-2-1-3-5-15/h1-6,9-10,17-18H,7-8,11-14H2,(H,22,25)/t17-,18-/m0/s1. The summed E-state index contributed by atoms with van der Waals surface area (Å²) in [5.41, 5.74) is 2.07. The molecule has 3 aliphatic rings. The maximum Gasteiger partial charge on any atom is 0.322 e. The molecular weight excluding hydrogens is 342 g/mol. The molecule has 3 heterocycles. The maximum absolute atomic E-state index is 12.9. The van der Waals surface area contributed by atoms with Gasteiger partial charge in [0.1, 0.15) is 0 Å². The first-order chi connectivity index (χ1) is 13.3. The molecule has 2 saturated heterocycles. The minimum atomic E-state index is -0.0132. The Balaban J connectivity index is 1.24. The lowest BCUT2D eigenvalue weighted by molar-refractivity contribution is 0.0902. The van der Waals surface area contributed by atoms with Crippen LogP contribution in [0.3, 0.4) is 0 Å². The Morgan fingerprint density at radius 3 is 2.52 bits per heavy atom. The molecule has 2 bridgehead atoms. The Labute approximate surface area is 158 Å². The minimum absolute atomic E-state index is 0.0132. The first kappa shape index (κ1) is 16.4. The number of hydrogen-bond acceptors (Lipinski definition) is 4. The van der Waals surface area contributed by atoms with Crippen molar-refractivity contribution in [1.82, 2.24) is 9.80 Å². The number of piperazine rings is 1. The van der Waals surface area contributed by atoms with Gasteiger partial charge < -0.3 is 19.7 Å². The van der Waals surface area contributed by atoms with Crippen molar-refractivity contribution in [2.45, 2.75) is 31.5 Å². The second-order valence-electron chi connectivity index (χ2n) is 7.47. The molecule has 2 amide bonds. The third-order valence-electron chi connectivity index (χ3n) is 5.67. The van der Waals surface area contributed by atoms with Gasteiger partial charge in [-0.3, -0.25) is 4.90 Å². The summed E-state index contributed by atoms with van der Waals surface area (Å²) in [7, 11) is 0. The number of carbonyl (C=O) groups excluding carboxylic acids is 1. The summed E-state index contributed by atoms with van der Waals surface area (Å²) in [6.45, 7) is 3.05. The summed E-state index contributed by atoms with van der Waals surface area (Å²) in [4.78, 5) is 17.4. The van der Waals surface area contributed by atoms with E-state index in [1.165, 1.54) is 5.56 Å². The largest absolute Gasteiger partial charge is 0.454 e. The van der Waals surface area contributed by atoms with E-state index >= 15 is 0 Å². The molecule has 2 aromatic carbocycles. The SMILES string of the molecule is O=C(Nc1ccc2c(c1)OCO2)N1[C@H]2CC[C@H]1CN(Cc1ccccc1)C2. The molecule has 0 aromatic heterocycles. The molecule has 0 unspecified atom stereocenters. The van der Waals surface area contributed by atoms with Gasteiger partial charge in [0.05, 0.1) is 0 Å². The Hall–Kier alpha value is -2.73. The average molecular weight is 365 g/mol. The number of nitrogens with zero attached hydrogens (tertiary/aromatic N) is 2. The summed E-state index contributed by atoms with van der Waals surface area (Å²) >= 11 is 0. The second kappa shape index (κ2) is 6.78. The van der Waals surface area contributed by atoms with Crippen molar-refractivity contribution >= 4 is 11.7 Å². The number of nitrogens with one attached hydrogen (secondary N) is 1. The van der Waals surface area contributed by atoms with Gasteiger partial charge in [0, 0.05) is 43.5 Å². The van der Waals surface area contributed by atoms with E-state index in [0.717, 1.165) is 43.9 Å². The maximum atomic E-state index is 12.9. The van der Waals surface area contributed by atoms with Crippen LogP contribution in [0.4, 0.5) is 10.5 Å². The fourth-order valence-corrected chi connectivity index (χ4v) is 4.45. The highest BCUT2D eigenvalue weighted by Gasteiger charge is 2.42. The number of fused-ring (bicyclic) bond motifs is 3. The van der Waals surface area contributed by atoms with E-state index in [4.69, 9.17) is 9.47 Å². The quantitative estimate of drug-likeness (QED) is 0.907. The summed E-state index contributed by atoms with van der Waals surface area (Å²) in [6.07, 6.45) is 2.15. The number of likely N-dealkylation sites (tertiary alicyclic amines) is 1. The average Bonchev–Trinajstić information content (AvgIpc) is 3.24. The van der Waals surface area contributed by atoms with Crippen LogP contribution < -0.4 is 14.8 Å². The van der Waals surface area contributed by atoms with Crippen LogP contribution >= 0.6 is 0 Å². The van der Waals surface area contributed by atoms with Crippen LogP contribution in [0.25, 0.3) is 0 Å². The van der Waals surface area contributed by atoms with Gasteiger partial charge in [-0.25, -0.2) is 4.79 Å². The first-order valence-corrected chi connectivity index (χ1v) is 9.51. The molecule has 0 saturated carbocycles. The number of ether oxygens (including phenoxy) is 2. The van der Waals surface area contributed by atoms with Gasteiger partial charge >= 0.3 is 6.03 Å². The number of benzene rings is 2. The molecule has 2 atom stereocenters. The molecule has 0 spiro atoms. The zero-order chi connectivity index (χ0) is 18.2. The Kier molecular flexibility index (Phi) is 4.13. The number of hydrogen-bond donors (Lipinski definition) is 1. The third-order valence-corrected chi connectivity index (χ3v) is 5.67. The molecule has 2 fully saturated rings. The van der Waals surface area contributed by atoms with Crippen LogP contribution in [-0.2, 0) is 6.54 Å². The van der Waals surface area contributed by atoms with Crippen LogP contribution in [0.1, 0.15) is 18.4 Å².